The van der Waals surface area contributed by atoms with Crippen molar-refractivity contribution in [1.29, 1.82) is 0 Å². The van der Waals surface area contributed by atoms with Crippen LogP contribution in [0.15, 0.2) is 60.7 Å². The summed E-state index contributed by atoms with van der Waals surface area (Å²) in [5.74, 6) is -7.67. The van der Waals surface area contributed by atoms with Crippen molar-refractivity contribution in [2.75, 3.05) is 13.2 Å². The molecule has 2 aliphatic heterocycles. The molecule has 0 saturated carbocycles. The van der Waals surface area contributed by atoms with Crippen molar-refractivity contribution in [2.45, 2.75) is 79.9 Å². The molecule has 0 aromatic heterocycles. The first-order valence-corrected chi connectivity index (χ1v) is 19.0. The van der Waals surface area contributed by atoms with Gasteiger partial charge in [-0.3, -0.25) is 9.59 Å². The van der Waals surface area contributed by atoms with Gasteiger partial charge in [0.05, 0.1) is 47.6 Å². The van der Waals surface area contributed by atoms with E-state index in [1.165, 1.54) is 42.5 Å². The van der Waals surface area contributed by atoms with Gasteiger partial charge in [-0.05, 0) is 58.1 Å². The number of ether oxygens (including phenoxy) is 4. The lowest BCUT2D eigenvalue weighted by Gasteiger charge is -2.41. The fourth-order valence-corrected chi connectivity index (χ4v) is 8.74. The molecule has 61 heavy (non-hydrogen) atoms. The van der Waals surface area contributed by atoms with Crippen LogP contribution in [0.4, 0.5) is 0 Å². The van der Waals surface area contributed by atoms with Crippen LogP contribution in [0.1, 0.15) is 81.9 Å². The minimum atomic E-state index is -1.91. The van der Waals surface area contributed by atoms with Crippen LogP contribution in [0.25, 0.3) is 0 Å². The number of carboxylic acids is 1. The highest BCUT2D eigenvalue weighted by Crippen LogP contribution is 2.56. The second-order valence-electron chi connectivity index (χ2n) is 15.2. The topological polar surface area (TPSA) is 331 Å². The van der Waals surface area contributed by atoms with E-state index in [1.54, 1.807) is 0 Å². The Labute approximate surface area is 344 Å². The number of benzene rings is 4. The van der Waals surface area contributed by atoms with E-state index in [0.717, 1.165) is 18.2 Å². The molecule has 2 aliphatic carbocycles. The van der Waals surface area contributed by atoms with Crippen molar-refractivity contribution >= 4 is 17.5 Å². The molecule has 0 bridgehead atoms. The quantitative estimate of drug-likeness (QED) is 0.0931. The van der Waals surface area contributed by atoms with Gasteiger partial charge in [-0.2, -0.15) is 0 Å². The van der Waals surface area contributed by atoms with Gasteiger partial charge in [-0.25, -0.2) is 4.79 Å². The Balaban J connectivity index is 1.37. The van der Waals surface area contributed by atoms with Crippen molar-refractivity contribution in [2.24, 2.45) is 0 Å². The third kappa shape index (κ3) is 6.80. The highest BCUT2D eigenvalue weighted by molar-refractivity contribution is 6.18. The first kappa shape index (κ1) is 42.2. The SMILES string of the molecule is O=C(O)c1cc(O)c2c(c1)[C@H]([C@@H]1c3cc(CO)cc(O)c3C(=O)c3c(O[C@@H]4O[C@H](CO)[C@H](O)[C@H](O)[C@@H]4O)cccc31)c1cccc(O[C@@H]3O[C@H](CO)[C@H](O)[C@@H](O)[C@H]3O)c1C2=O. The maximum Gasteiger partial charge on any atom is 0.335 e. The Morgan fingerprint density at radius 2 is 1.00 bits per heavy atom. The third-order valence-electron chi connectivity index (χ3n) is 11.7. The number of carboxylic acid groups (broad SMARTS) is 1. The maximum absolute atomic E-state index is 14.7. The molecule has 12 atom stereocenters. The van der Waals surface area contributed by atoms with E-state index in [2.05, 4.69) is 0 Å². The smallest absolute Gasteiger partial charge is 0.335 e. The Bertz CT molecular complexity index is 2410. The van der Waals surface area contributed by atoms with Gasteiger partial charge in [0.2, 0.25) is 24.1 Å². The zero-order chi connectivity index (χ0) is 43.8. The normalized spacial score (nSPS) is 30.4. The van der Waals surface area contributed by atoms with E-state index < -0.39 is 133 Å². The number of ketones is 2. The van der Waals surface area contributed by atoms with Crippen LogP contribution in [0.3, 0.4) is 0 Å². The average Bonchev–Trinajstić information content (AvgIpc) is 3.24. The number of aliphatic hydroxyl groups excluding tert-OH is 9. The van der Waals surface area contributed by atoms with Gasteiger partial charge in [0.1, 0.15) is 71.8 Å². The van der Waals surface area contributed by atoms with Gasteiger partial charge in [-0.15, -0.1) is 0 Å². The van der Waals surface area contributed by atoms with Gasteiger partial charge in [0, 0.05) is 11.8 Å². The predicted octanol–water partition coefficient (Wildman–Crippen LogP) is -1.30. The lowest BCUT2D eigenvalue weighted by atomic mass is 9.63. The highest BCUT2D eigenvalue weighted by atomic mass is 16.7. The molecule has 2 saturated heterocycles. The molecule has 0 unspecified atom stereocenters. The number of phenolic OH excluding ortho intramolecular Hbond substituents is 2. The number of hydrogen-bond donors (Lipinski definition) is 12. The monoisotopic (exact) mass is 848 g/mol. The van der Waals surface area contributed by atoms with Crippen molar-refractivity contribution in [1.82, 2.24) is 0 Å². The number of aliphatic hydroxyl groups is 9. The Hall–Kier alpha value is -5.55. The summed E-state index contributed by atoms with van der Waals surface area (Å²) in [4.78, 5) is 41.8. The highest BCUT2D eigenvalue weighted by Gasteiger charge is 2.50. The van der Waals surface area contributed by atoms with Gasteiger partial charge < -0.3 is 80.2 Å². The average molecular weight is 849 g/mol. The summed E-state index contributed by atoms with van der Waals surface area (Å²) in [7, 11) is 0. The Morgan fingerprint density at radius 1 is 0.557 bits per heavy atom. The van der Waals surface area contributed by atoms with Gasteiger partial charge in [0.25, 0.3) is 0 Å². The van der Waals surface area contributed by atoms with Crippen LogP contribution < -0.4 is 9.47 Å². The Kier molecular flexibility index (Phi) is 11.1. The van der Waals surface area contributed by atoms with Crippen LogP contribution in [0.2, 0.25) is 0 Å². The molecule has 2 fully saturated rings. The molecule has 0 radical (unpaired) electrons. The molecule has 19 nitrogen and oxygen atoms in total. The molecular weight excluding hydrogens is 808 g/mol. The lowest BCUT2D eigenvalue weighted by Crippen LogP contribution is -2.60. The zero-order valence-corrected chi connectivity index (χ0v) is 31.5. The van der Waals surface area contributed by atoms with Crippen LogP contribution in [0.5, 0.6) is 23.0 Å². The number of carbonyl (C=O) groups is 3. The third-order valence-corrected chi connectivity index (χ3v) is 11.7. The number of aromatic carboxylic acids is 1. The van der Waals surface area contributed by atoms with Crippen LogP contribution in [-0.2, 0) is 16.1 Å². The van der Waals surface area contributed by atoms with E-state index in [0.29, 0.717) is 0 Å². The van der Waals surface area contributed by atoms with Crippen molar-refractivity contribution in [3.63, 3.8) is 0 Å². The molecule has 4 aromatic rings. The van der Waals surface area contributed by atoms with E-state index in [-0.39, 0.29) is 56.0 Å². The number of rotatable bonds is 9. The fourth-order valence-electron chi connectivity index (χ4n) is 8.74. The zero-order valence-electron chi connectivity index (χ0n) is 31.5. The lowest BCUT2D eigenvalue weighted by molar-refractivity contribution is -0.277. The van der Waals surface area contributed by atoms with Gasteiger partial charge >= 0.3 is 5.97 Å². The second kappa shape index (κ2) is 16.0. The predicted molar refractivity (Wildman–Crippen MR) is 201 cm³/mol. The number of phenols is 2. The molecular formula is C42H40O19. The van der Waals surface area contributed by atoms with E-state index in [4.69, 9.17) is 18.9 Å². The molecule has 0 amide bonds. The molecule has 0 spiro atoms. The molecule has 8 rings (SSSR count). The van der Waals surface area contributed by atoms with Gasteiger partial charge in [-0.1, -0.05) is 30.3 Å². The number of aromatic hydroxyl groups is 2. The molecule has 2 heterocycles. The van der Waals surface area contributed by atoms with Crippen molar-refractivity contribution < 1.29 is 94.6 Å². The molecule has 4 aliphatic rings. The minimum absolute atomic E-state index is 0.0646. The molecule has 19 heteroatoms. The first-order chi connectivity index (χ1) is 29.1. The van der Waals surface area contributed by atoms with Crippen LogP contribution >= 0.6 is 0 Å². The summed E-state index contributed by atoms with van der Waals surface area (Å²) in [6.45, 7) is -2.21. The van der Waals surface area contributed by atoms with E-state index in [9.17, 15) is 75.7 Å². The first-order valence-electron chi connectivity index (χ1n) is 19.0. The maximum atomic E-state index is 14.7. The number of hydrogen-bond acceptors (Lipinski definition) is 18. The largest absolute Gasteiger partial charge is 0.507 e. The van der Waals surface area contributed by atoms with Crippen LogP contribution in [-0.4, -0.2) is 153 Å². The van der Waals surface area contributed by atoms with Crippen LogP contribution in [0, 0.1) is 0 Å². The minimum Gasteiger partial charge on any atom is -0.507 e. The van der Waals surface area contributed by atoms with E-state index >= 15 is 0 Å². The number of fused-ring (bicyclic) bond motifs is 4. The molecule has 322 valence electrons. The summed E-state index contributed by atoms with van der Waals surface area (Å²) in [6.07, 6.45) is -17.4. The second-order valence-corrected chi connectivity index (χ2v) is 15.2. The summed E-state index contributed by atoms with van der Waals surface area (Å²) in [5, 5.41) is 126. The van der Waals surface area contributed by atoms with Crippen molar-refractivity contribution in [3.05, 3.63) is 116 Å². The van der Waals surface area contributed by atoms with E-state index in [1.807, 2.05) is 0 Å². The standard InChI is InChI=1S/C42H40O19/c43-11-14-7-18-26(16-3-1-5-22(30(16)34(50)28(18)20(46)8-14)58-41-38(54)36(52)32(48)24(12-44)60-41)27-17-4-2-6-23(59-42-39(55)37(53)33(49)25(13-45)61-42)31(17)35(51)29-19(27)9-15(40(56)57)10-21(29)47/h1-10,24-27,32-33,36-39,41-49,52-55H,11-13H2,(H,56,57)/t24-,25-,26+,27-,32+,33+,36+,37-,38+,39-,41-,42-/m1/s1. The summed E-state index contributed by atoms with van der Waals surface area (Å²) >= 11 is 0. The molecule has 4 aromatic carbocycles. The van der Waals surface area contributed by atoms with Crippen molar-refractivity contribution in [3.8, 4) is 23.0 Å². The Morgan fingerprint density at radius 3 is 1.43 bits per heavy atom. The summed E-state index contributed by atoms with van der Waals surface area (Å²) in [5.41, 5.74) is -1.30. The molecule has 12 N–H and O–H groups in total. The summed E-state index contributed by atoms with van der Waals surface area (Å²) in [6, 6.07) is 13.1. The van der Waals surface area contributed by atoms with Gasteiger partial charge in [0.15, 0.2) is 0 Å². The summed E-state index contributed by atoms with van der Waals surface area (Å²) < 4.78 is 23.1. The fraction of sp³-hybridized carbons (Fsp3) is 0.357. The number of carbonyl (C=O) groups excluding carboxylic acids is 2.